The highest BCUT2D eigenvalue weighted by Crippen LogP contribution is 2.38. The zero-order valence-corrected chi connectivity index (χ0v) is 13.1. The number of rotatable bonds is 7. The number of hydrogen-bond donors (Lipinski definition) is 4. The van der Waals surface area contributed by atoms with Crippen LogP contribution < -0.4 is 15.8 Å². The van der Waals surface area contributed by atoms with Crippen molar-refractivity contribution in [3.63, 3.8) is 0 Å². The van der Waals surface area contributed by atoms with Crippen molar-refractivity contribution in [1.82, 2.24) is 4.72 Å². The zero-order chi connectivity index (χ0) is 15.0. The highest BCUT2D eigenvalue weighted by Gasteiger charge is 2.40. The first-order valence-corrected chi connectivity index (χ1v) is 8.20. The first-order valence-electron chi connectivity index (χ1n) is 7.00. The SMILES string of the molecule is NC(=O)c1cc(SNC2(O)CC2)c(Cl)cc1NCC1CC1. The molecule has 2 aliphatic carbocycles. The molecule has 1 aromatic carbocycles. The summed E-state index contributed by atoms with van der Waals surface area (Å²) in [7, 11) is 0. The summed E-state index contributed by atoms with van der Waals surface area (Å²) >= 11 is 7.48. The van der Waals surface area contributed by atoms with Gasteiger partial charge in [-0.25, -0.2) is 4.72 Å². The molecule has 2 saturated carbocycles. The lowest BCUT2D eigenvalue weighted by Crippen LogP contribution is -2.24. The molecule has 0 aliphatic heterocycles. The van der Waals surface area contributed by atoms with Crippen LogP contribution in [-0.4, -0.2) is 23.3 Å². The molecular formula is C14H18ClN3O2S. The van der Waals surface area contributed by atoms with Crippen molar-refractivity contribution in [1.29, 1.82) is 0 Å². The minimum atomic E-state index is -0.802. The van der Waals surface area contributed by atoms with Crippen LogP contribution in [0.3, 0.4) is 0 Å². The Bertz CT molecular complexity index is 574. The highest BCUT2D eigenvalue weighted by atomic mass is 35.5. The fourth-order valence-electron chi connectivity index (χ4n) is 1.93. The molecule has 2 aliphatic rings. The van der Waals surface area contributed by atoms with E-state index in [-0.39, 0.29) is 0 Å². The molecular weight excluding hydrogens is 310 g/mol. The van der Waals surface area contributed by atoms with Crippen LogP contribution in [-0.2, 0) is 0 Å². The molecule has 0 unspecified atom stereocenters. The van der Waals surface area contributed by atoms with Gasteiger partial charge in [0.2, 0.25) is 0 Å². The van der Waals surface area contributed by atoms with Crippen LogP contribution in [0.15, 0.2) is 17.0 Å². The summed E-state index contributed by atoms with van der Waals surface area (Å²) < 4.78 is 2.95. The van der Waals surface area contributed by atoms with Crippen molar-refractivity contribution in [2.75, 3.05) is 11.9 Å². The molecule has 0 atom stereocenters. The Labute approximate surface area is 132 Å². The Hall–Kier alpha value is -0.950. The molecule has 0 heterocycles. The minimum Gasteiger partial charge on any atom is -0.384 e. The lowest BCUT2D eigenvalue weighted by atomic mass is 10.1. The zero-order valence-electron chi connectivity index (χ0n) is 11.5. The Balaban J connectivity index is 1.76. The van der Waals surface area contributed by atoms with Gasteiger partial charge < -0.3 is 16.2 Å². The summed E-state index contributed by atoms with van der Waals surface area (Å²) in [6.07, 6.45) is 3.90. The summed E-state index contributed by atoms with van der Waals surface area (Å²) in [5, 5.41) is 13.6. The molecule has 21 heavy (non-hydrogen) atoms. The fourth-order valence-corrected chi connectivity index (χ4v) is 3.05. The van der Waals surface area contributed by atoms with Crippen molar-refractivity contribution in [3.05, 3.63) is 22.7 Å². The van der Waals surface area contributed by atoms with Gasteiger partial charge in [0.25, 0.3) is 5.91 Å². The second kappa shape index (κ2) is 5.68. The van der Waals surface area contributed by atoms with Gasteiger partial charge in [-0.2, -0.15) is 0 Å². The molecule has 7 heteroatoms. The first-order chi connectivity index (χ1) is 9.97. The van der Waals surface area contributed by atoms with Crippen molar-refractivity contribution in [2.24, 2.45) is 11.7 Å². The van der Waals surface area contributed by atoms with E-state index in [1.54, 1.807) is 12.1 Å². The van der Waals surface area contributed by atoms with Gasteiger partial charge in [0, 0.05) is 17.1 Å². The highest BCUT2D eigenvalue weighted by molar-refractivity contribution is 7.97. The lowest BCUT2D eigenvalue weighted by molar-refractivity contribution is 0.100. The summed E-state index contributed by atoms with van der Waals surface area (Å²) in [6, 6.07) is 3.40. The number of carbonyl (C=O) groups excluding carboxylic acids is 1. The normalized spacial score (nSPS) is 19.3. The number of halogens is 1. The molecule has 114 valence electrons. The Kier molecular flexibility index (Phi) is 4.05. The number of carbonyl (C=O) groups is 1. The van der Waals surface area contributed by atoms with E-state index in [9.17, 15) is 9.90 Å². The predicted octanol–water partition coefficient (Wildman–Crippen LogP) is 2.34. The van der Waals surface area contributed by atoms with E-state index in [1.807, 2.05) is 0 Å². The number of aliphatic hydroxyl groups is 1. The number of nitrogens with two attached hydrogens (primary N) is 1. The molecule has 0 spiro atoms. The van der Waals surface area contributed by atoms with Gasteiger partial charge in [-0.3, -0.25) is 4.79 Å². The van der Waals surface area contributed by atoms with Crippen molar-refractivity contribution in [3.8, 4) is 0 Å². The molecule has 0 aromatic heterocycles. The van der Waals surface area contributed by atoms with Crippen LogP contribution in [0.25, 0.3) is 0 Å². The summed E-state index contributed by atoms with van der Waals surface area (Å²) in [6.45, 7) is 0.834. The van der Waals surface area contributed by atoms with E-state index >= 15 is 0 Å². The van der Waals surface area contributed by atoms with E-state index in [1.165, 1.54) is 24.8 Å². The second-order valence-corrected chi connectivity index (χ2v) is 7.01. The monoisotopic (exact) mass is 327 g/mol. The van der Waals surface area contributed by atoms with Crippen molar-refractivity contribution in [2.45, 2.75) is 36.3 Å². The lowest BCUT2D eigenvalue weighted by Gasteiger charge is -2.15. The number of anilines is 1. The molecule has 0 radical (unpaired) electrons. The van der Waals surface area contributed by atoms with Crippen LogP contribution in [0.5, 0.6) is 0 Å². The van der Waals surface area contributed by atoms with Gasteiger partial charge in [0.15, 0.2) is 0 Å². The number of primary amides is 1. The topological polar surface area (TPSA) is 87.4 Å². The number of benzene rings is 1. The van der Waals surface area contributed by atoms with Crippen LogP contribution in [0.2, 0.25) is 5.02 Å². The van der Waals surface area contributed by atoms with E-state index in [4.69, 9.17) is 17.3 Å². The number of nitrogens with one attached hydrogen (secondary N) is 2. The summed E-state index contributed by atoms with van der Waals surface area (Å²) in [4.78, 5) is 12.3. The third kappa shape index (κ3) is 3.83. The molecule has 5 N–H and O–H groups in total. The Morgan fingerprint density at radius 3 is 2.76 bits per heavy atom. The average molecular weight is 328 g/mol. The summed E-state index contributed by atoms with van der Waals surface area (Å²) in [5.41, 5.74) is 5.75. The largest absolute Gasteiger partial charge is 0.384 e. The molecule has 1 aromatic rings. The standard InChI is InChI=1S/C14H18ClN3O2S/c15-10-6-11(17-7-8-1-2-8)9(13(16)19)5-12(10)21-18-14(20)3-4-14/h5-6,8,17-18,20H,1-4,7H2,(H2,16,19). The van der Waals surface area contributed by atoms with Crippen LogP contribution in [0.4, 0.5) is 5.69 Å². The minimum absolute atomic E-state index is 0.423. The molecule has 0 bridgehead atoms. The quantitative estimate of drug-likeness (QED) is 0.456. The van der Waals surface area contributed by atoms with E-state index in [2.05, 4.69) is 10.0 Å². The van der Waals surface area contributed by atoms with Crippen molar-refractivity contribution < 1.29 is 9.90 Å². The molecule has 2 fully saturated rings. The molecule has 1 amide bonds. The Morgan fingerprint density at radius 2 is 2.19 bits per heavy atom. The van der Waals surface area contributed by atoms with Crippen LogP contribution >= 0.6 is 23.5 Å². The average Bonchev–Trinajstić information content (AvgIpc) is 3.33. The molecule has 5 nitrogen and oxygen atoms in total. The van der Waals surface area contributed by atoms with E-state index < -0.39 is 11.6 Å². The van der Waals surface area contributed by atoms with Gasteiger partial charge in [0.1, 0.15) is 5.72 Å². The van der Waals surface area contributed by atoms with E-state index in [0.717, 1.165) is 19.4 Å². The van der Waals surface area contributed by atoms with Gasteiger partial charge in [-0.1, -0.05) is 11.6 Å². The maximum Gasteiger partial charge on any atom is 0.250 e. The maximum absolute atomic E-state index is 11.6. The van der Waals surface area contributed by atoms with Gasteiger partial charge >= 0.3 is 0 Å². The second-order valence-electron chi connectivity index (χ2n) is 5.75. The smallest absolute Gasteiger partial charge is 0.250 e. The summed E-state index contributed by atoms with van der Waals surface area (Å²) in [5.74, 6) is 0.196. The Morgan fingerprint density at radius 1 is 1.48 bits per heavy atom. The third-order valence-electron chi connectivity index (χ3n) is 3.69. The van der Waals surface area contributed by atoms with Gasteiger partial charge in [-0.05, 0) is 55.7 Å². The van der Waals surface area contributed by atoms with Crippen LogP contribution in [0, 0.1) is 5.92 Å². The van der Waals surface area contributed by atoms with Gasteiger partial charge in [0.05, 0.1) is 10.6 Å². The fraction of sp³-hybridized carbons (Fsp3) is 0.500. The maximum atomic E-state index is 11.6. The number of amides is 1. The van der Waals surface area contributed by atoms with Gasteiger partial charge in [-0.15, -0.1) is 0 Å². The molecule has 0 saturated heterocycles. The molecule has 3 rings (SSSR count). The predicted molar refractivity (Wildman–Crippen MR) is 84.4 cm³/mol. The van der Waals surface area contributed by atoms with Crippen molar-refractivity contribution >= 4 is 35.1 Å². The number of hydrogen-bond acceptors (Lipinski definition) is 5. The van der Waals surface area contributed by atoms with E-state index in [0.29, 0.717) is 27.1 Å². The first kappa shape index (κ1) is 15.0. The van der Waals surface area contributed by atoms with Crippen LogP contribution in [0.1, 0.15) is 36.0 Å². The third-order valence-corrected chi connectivity index (χ3v) is 5.15.